The summed E-state index contributed by atoms with van der Waals surface area (Å²) in [6.45, 7) is 0.494. The molecule has 1 aromatic carbocycles. The fraction of sp³-hybridized carbons (Fsp3) is 0.273. The number of carboxylic acids is 1. The molecule has 1 fully saturated rings. The lowest BCUT2D eigenvalue weighted by Gasteiger charge is -2.36. The first-order valence-electron chi connectivity index (χ1n) is 4.97. The van der Waals surface area contributed by atoms with Crippen LogP contribution in [0.5, 0.6) is 0 Å². The molecule has 90 valence electrons. The lowest BCUT2D eigenvalue weighted by molar-refractivity contribution is -0.146. The van der Waals surface area contributed by atoms with Crippen molar-refractivity contribution in [3.05, 3.63) is 33.3 Å². The molecule has 1 aliphatic heterocycles. The molecule has 2 rings (SSSR count). The van der Waals surface area contributed by atoms with Gasteiger partial charge in [0.1, 0.15) is 0 Å². The molecular formula is C11H9BrClNO3. The first kappa shape index (κ1) is 12.4. The maximum Gasteiger partial charge on any atom is 0.310 e. The molecule has 1 heterocycles. The smallest absolute Gasteiger partial charge is 0.310 e. The molecule has 0 spiro atoms. The SMILES string of the molecule is O=C(O)C1CN(C(=O)c2cccc(Br)c2Cl)C1. The number of carbonyl (C=O) groups excluding carboxylic acids is 1. The van der Waals surface area contributed by atoms with Gasteiger partial charge in [-0.25, -0.2) is 0 Å². The Morgan fingerprint density at radius 3 is 2.65 bits per heavy atom. The van der Waals surface area contributed by atoms with Crippen LogP contribution in [0.15, 0.2) is 22.7 Å². The van der Waals surface area contributed by atoms with E-state index in [1.165, 1.54) is 4.90 Å². The second-order valence-corrected chi connectivity index (χ2v) is 5.08. The van der Waals surface area contributed by atoms with Gasteiger partial charge in [0, 0.05) is 17.6 Å². The van der Waals surface area contributed by atoms with Gasteiger partial charge >= 0.3 is 5.97 Å². The number of rotatable bonds is 2. The molecule has 1 N–H and O–H groups in total. The monoisotopic (exact) mass is 317 g/mol. The lowest BCUT2D eigenvalue weighted by Crippen LogP contribution is -2.53. The van der Waals surface area contributed by atoms with E-state index < -0.39 is 11.9 Å². The summed E-state index contributed by atoms with van der Waals surface area (Å²) in [5.41, 5.74) is 0.393. The van der Waals surface area contributed by atoms with Crippen molar-refractivity contribution in [3.8, 4) is 0 Å². The maximum atomic E-state index is 12.0. The van der Waals surface area contributed by atoms with Crippen molar-refractivity contribution < 1.29 is 14.7 Å². The molecule has 6 heteroatoms. The zero-order chi connectivity index (χ0) is 12.6. The van der Waals surface area contributed by atoms with Gasteiger partial charge in [0.05, 0.1) is 16.5 Å². The third-order valence-corrected chi connectivity index (χ3v) is 4.00. The number of amides is 1. The Labute approximate surface area is 111 Å². The van der Waals surface area contributed by atoms with E-state index in [1.54, 1.807) is 18.2 Å². The van der Waals surface area contributed by atoms with Crippen LogP contribution in [0.1, 0.15) is 10.4 Å². The van der Waals surface area contributed by atoms with Crippen molar-refractivity contribution in [1.29, 1.82) is 0 Å². The van der Waals surface area contributed by atoms with Gasteiger partial charge in [0.25, 0.3) is 5.91 Å². The molecule has 4 nitrogen and oxygen atoms in total. The van der Waals surface area contributed by atoms with Crippen LogP contribution in [0.25, 0.3) is 0 Å². The van der Waals surface area contributed by atoms with Gasteiger partial charge in [-0.15, -0.1) is 0 Å². The molecule has 17 heavy (non-hydrogen) atoms. The van der Waals surface area contributed by atoms with Crippen LogP contribution in [0, 0.1) is 5.92 Å². The summed E-state index contributed by atoms with van der Waals surface area (Å²) >= 11 is 9.24. The summed E-state index contributed by atoms with van der Waals surface area (Å²) in [4.78, 5) is 24.1. The topological polar surface area (TPSA) is 57.6 Å². The molecule has 0 bridgehead atoms. The Hall–Kier alpha value is -1.07. The van der Waals surface area contributed by atoms with Crippen molar-refractivity contribution in [2.45, 2.75) is 0 Å². The van der Waals surface area contributed by atoms with Crippen LogP contribution in [0.2, 0.25) is 5.02 Å². The standard InChI is InChI=1S/C11H9BrClNO3/c12-8-3-1-2-7(9(8)13)10(15)14-4-6(5-14)11(16)17/h1-3,6H,4-5H2,(H,16,17). The van der Waals surface area contributed by atoms with Crippen molar-refractivity contribution in [3.63, 3.8) is 0 Å². The van der Waals surface area contributed by atoms with Crippen LogP contribution in [-0.4, -0.2) is 35.0 Å². The average molecular weight is 319 g/mol. The summed E-state index contributed by atoms with van der Waals surface area (Å²) in [5.74, 6) is -1.55. The normalized spacial score (nSPS) is 15.5. The molecule has 0 saturated carbocycles. The number of hydrogen-bond donors (Lipinski definition) is 1. The molecule has 1 amide bonds. The van der Waals surface area contributed by atoms with Crippen molar-refractivity contribution in [2.24, 2.45) is 5.92 Å². The second-order valence-electron chi connectivity index (χ2n) is 3.85. The van der Waals surface area contributed by atoms with Gasteiger partial charge in [-0.05, 0) is 28.1 Å². The van der Waals surface area contributed by atoms with Crippen LogP contribution < -0.4 is 0 Å². The van der Waals surface area contributed by atoms with E-state index in [0.29, 0.717) is 15.1 Å². The number of carbonyl (C=O) groups is 2. The average Bonchev–Trinajstić information content (AvgIpc) is 2.19. The summed E-state index contributed by atoms with van der Waals surface area (Å²) in [5, 5.41) is 9.09. The lowest BCUT2D eigenvalue weighted by atomic mass is 9.99. The van der Waals surface area contributed by atoms with Crippen molar-refractivity contribution >= 4 is 39.4 Å². The largest absolute Gasteiger partial charge is 0.481 e. The maximum absolute atomic E-state index is 12.0. The number of likely N-dealkylation sites (tertiary alicyclic amines) is 1. The van der Waals surface area contributed by atoms with Gasteiger partial charge in [-0.1, -0.05) is 17.7 Å². The summed E-state index contributed by atoms with van der Waals surface area (Å²) in [6.07, 6.45) is 0. The second kappa shape index (κ2) is 4.66. The van der Waals surface area contributed by atoms with Crippen molar-refractivity contribution in [2.75, 3.05) is 13.1 Å². The molecular weight excluding hydrogens is 309 g/mol. The van der Waals surface area contributed by atoms with Gasteiger partial charge in [-0.2, -0.15) is 0 Å². The van der Waals surface area contributed by atoms with E-state index in [9.17, 15) is 9.59 Å². The Morgan fingerprint density at radius 2 is 2.06 bits per heavy atom. The number of benzene rings is 1. The summed E-state index contributed by atoms with van der Waals surface area (Å²) in [7, 11) is 0. The minimum absolute atomic E-state index is 0.228. The van der Waals surface area contributed by atoms with Gasteiger partial charge in [0.15, 0.2) is 0 Å². The van der Waals surface area contributed by atoms with E-state index in [0.717, 1.165) is 0 Å². The quantitative estimate of drug-likeness (QED) is 0.910. The van der Waals surface area contributed by atoms with Crippen LogP contribution >= 0.6 is 27.5 Å². The zero-order valence-corrected chi connectivity index (χ0v) is 11.0. The third kappa shape index (κ3) is 2.30. The molecule has 1 aromatic rings. The number of hydrogen-bond acceptors (Lipinski definition) is 2. The summed E-state index contributed by atoms with van der Waals surface area (Å²) < 4.78 is 0.653. The highest BCUT2D eigenvalue weighted by Gasteiger charge is 2.36. The summed E-state index contributed by atoms with van der Waals surface area (Å²) in [6, 6.07) is 5.09. The number of nitrogens with zero attached hydrogens (tertiary/aromatic N) is 1. The fourth-order valence-corrected chi connectivity index (χ4v) is 2.21. The molecule has 1 aliphatic rings. The number of halogens is 2. The highest BCUT2D eigenvalue weighted by Crippen LogP contribution is 2.28. The van der Waals surface area contributed by atoms with Crippen molar-refractivity contribution in [1.82, 2.24) is 4.90 Å². The zero-order valence-electron chi connectivity index (χ0n) is 8.69. The fourth-order valence-electron chi connectivity index (χ4n) is 1.64. The Bertz CT molecular complexity index is 486. The Kier molecular flexibility index (Phi) is 3.40. The predicted molar refractivity (Wildman–Crippen MR) is 66.2 cm³/mol. The van der Waals surface area contributed by atoms with Crippen LogP contribution in [0.3, 0.4) is 0 Å². The van der Waals surface area contributed by atoms with Crippen LogP contribution in [-0.2, 0) is 4.79 Å². The van der Waals surface area contributed by atoms with Crippen LogP contribution in [0.4, 0.5) is 0 Å². The Morgan fingerprint density at radius 1 is 1.41 bits per heavy atom. The molecule has 0 radical (unpaired) electrons. The molecule has 1 saturated heterocycles. The number of carboxylic acid groups (broad SMARTS) is 1. The first-order chi connectivity index (χ1) is 8.00. The third-order valence-electron chi connectivity index (χ3n) is 2.70. The van der Waals surface area contributed by atoms with E-state index in [-0.39, 0.29) is 19.0 Å². The Balaban J connectivity index is 2.12. The minimum Gasteiger partial charge on any atom is -0.481 e. The predicted octanol–water partition coefficient (Wildman–Crippen LogP) is 2.26. The van der Waals surface area contributed by atoms with Gasteiger partial charge < -0.3 is 10.0 Å². The molecule has 0 aromatic heterocycles. The van der Waals surface area contributed by atoms with E-state index in [1.807, 2.05) is 0 Å². The van der Waals surface area contributed by atoms with Gasteiger partial charge in [0.2, 0.25) is 0 Å². The highest BCUT2D eigenvalue weighted by molar-refractivity contribution is 9.10. The molecule has 0 aliphatic carbocycles. The molecule has 0 unspecified atom stereocenters. The van der Waals surface area contributed by atoms with E-state index >= 15 is 0 Å². The van der Waals surface area contributed by atoms with Gasteiger partial charge in [-0.3, -0.25) is 9.59 Å². The number of aliphatic carboxylic acids is 1. The molecule has 0 atom stereocenters. The van der Waals surface area contributed by atoms with E-state index in [4.69, 9.17) is 16.7 Å². The minimum atomic E-state index is -0.866. The first-order valence-corrected chi connectivity index (χ1v) is 6.14. The highest BCUT2D eigenvalue weighted by atomic mass is 79.9. The van der Waals surface area contributed by atoms with E-state index in [2.05, 4.69) is 15.9 Å².